The first-order chi connectivity index (χ1) is 15.5. The van der Waals surface area contributed by atoms with Gasteiger partial charge in [-0.25, -0.2) is 4.39 Å². The number of hydrogen-bond acceptors (Lipinski definition) is 1. The Morgan fingerprint density at radius 3 is 1.84 bits per heavy atom. The van der Waals surface area contributed by atoms with Crippen molar-refractivity contribution in [2.75, 3.05) is 6.61 Å². The molecule has 3 heteroatoms. The lowest BCUT2D eigenvalue weighted by molar-refractivity contribution is 0.148. The summed E-state index contributed by atoms with van der Waals surface area (Å²) < 4.78 is 33.4. The molecular formula is C29H42F2O. The highest BCUT2D eigenvalue weighted by atomic mass is 19.2. The van der Waals surface area contributed by atoms with Gasteiger partial charge in [0.1, 0.15) is 0 Å². The van der Waals surface area contributed by atoms with Crippen LogP contribution in [-0.2, 0) is 0 Å². The summed E-state index contributed by atoms with van der Waals surface area (Å²) in [6.45, 7) is 4.39. The molecule has 0 aromatic heterocycles. The molecule has 1 nitrogen and oxygen atoms in total. The van der Waals surface area contributed by atoms with Gasteiger partial charge in [0.05, 0.1) is 6.61 Å². The van der Waals surface area contributed by atoms with Crippen LogP contribution in [0.1, 0.15) is 89.5 Å². The second-order valence-electron chi connectivity index (χ2n) is 11.0. The number of ether oxygens (including phenoxy) is 1. The van der Waals surface area contributed by atoms with E-state index >= 15 is 0 Å². The Hall–Kier alpha value is -1.38. The van der Waals surface area contributed by atoms with Gasteiger partial charge >= 0.3 is 0 Å². The zero-order valence-electron chi connectivity index (χ0n) is 20.1. The Balaban J connectivity index is 1.19. The van der Waals surface area contributed by atoms with Crippen molar-refractivity contribution in [2.24, 2.45) is 35.5 Å². The maximum absolute atomic E-state index is 14.0. The van der Waals surface area contributed by atoms with Crippen molar-refractivity contribution in [2.45, 2.75) is 90.9 Å². The molecule has 2 saturated carbocycles. The Bertz CT molecular complexity index is 757. The monoisotopic (exact) mass is 444 g/mol. The Morgan fingerprint density at radius 1 is 0.750 bits per heavy atom. The molecule has 2 unspecified atom stereocenters. The van der Waals surface area contributed by atoms with Gasteiger partial charge in [-0.3, -0.25) is 0 Å². The molecule has 1 aromatic carbocycles. The molecule has 4 rings (SSSR count). The van der Waals surface area contributed by atoms with Crippen LogP contribution in [0.5, 0.6) is 5.75 Å². The number of benzene rings is 1. The minimum absolute atomic E-state index is 0.0557. The Kier molecular flexibility index (Phi) is 8.29. The van der Waals surface area contributed by atoms with Gasteiger partial charge < -0.3 is 4.74 Å². The van der Waals surface area contributed by atoms with Crippen LogP contribution in [0.4, 0.5) is 8.78 Å². The molecule has 1 aromatic rings. The average molecular weight is 445 g/mol. The molecule has 178 valence electrons. The lowest BCUT2D eigenvalue weighted by Crippen LogP contribution is -2.28. The van der Waals surface area contributed by atoms with E-state index in [9.17, 15) is 8.78 Å². The summed E-state index contributed by atoms with van der Waals surface area (Å²) in [4.78, 5) is 0. The fourth-order valence-corrected chi connectivity index (χ4v) is 6.69. The van der Waals surface area contributed by atoms with Gasteiger partial charge in [-0.15, -0.1) is 0 Å². The number of aryl methyl sites for hydroxylation is 1. The molecular weight excluding hydrogens is 402 g/mol. The van der Waals surface area contributed by atoms with E-state index in [1.165, 1.54) is 64.2 Å². The van der Waals surface area contributed by atoms with Crippen molar-refractivity contribution in [1.82, 2.24) is 0 Å². The SMILES string of the molecule is CCCC1CCC(C2C=CC(C3CCC(COc4ccc(C)c(F)c4F)CC3)CC2)CC1. The molecule has 0 heterocycles. The molecule has 32 heavy (non-hydrogen) atoms. The van der Waals surface area contributed by atoms with E-state index in [1.807, 2.05) is 0 Å². The third kappa shape index (κ3) is 5.75. The molecule has 0 N–H and O–H groups in total. The molecule has 0 radical (unpaired) electrons. The molecule has 0 bridgehead atoms. The van der Waals surface area contributed by atoms with Crippen molar-refractivity contribution < 1.29 is 13.5 Å². The van der Waals surface area contributed by atoms with Crippen molar-refractivity contribution in [1.29, 1.82) is 0 Å². The fraction of sp³-hybridized carbons (Fsp3) is 0.724. The van der Waals surface area contributed by atoms with Crippen LogP contribution in [0.15, 0.2) is 24.3 Å². The topological polar surface area (TPSA) is 9.23 Å². The highest BCUT2D eigenvalue weighted by Crippen LogP contribution is 2.43. The zero-order chi connectivity index (χ0) is 22.5. The molecule has 0 amide bonds. The zero-order valence-corrected chi connectivity index (χ0v) is 20.1. The quantitative estimate of drug-likeness (QED) is 0.382. The summed E-state index contributed by atoms with van der Waals surface area (Å²) in [5.74, 6) is 3.15. The van der Waals surface area contributed by atoms with Gasteiger partial charge in [-0.05, 0) is 105 Å². The Labute approximate surface area is 194 Å². The number of allylic oxidation sites excluding steroid dienone is 2. The maximum atomic E-state index is 14.0. The van der Waals surface area contributed by atoms with Crippen LogP contribution in [-0.4, -0.2) is 6.61 Å². The summed E-state index contributed by atoms with van der Waals surface area (Å²) in [6.07, 6.45) is 21.2. The van der Waals surface area contributed by atoms with E-state index in [1.54, 1.807) is 19.1 Å². The van der Waals surface area contributed by atoms with Crippen molar-refractivity contribution in [3.63, 3.8) is 0 Å². The van der Waals surface area contributed by atoms with Crippen LogP contribution in [0.3, 0.4) is 0 Å². The van der Waals surface area contributed by atoms with E-state index in [4.69, 9.17) is 4.74 Å². The minimum atomic E-state index is -0.848. The van der Waals surface area contributed by atoms with Crippen LogP contribution in [0.25, 0.3) is 0 Å². The van der Waals surface area contributed by atoms with Gasteiger partial charge in [-0.1, -0.05) is 50.8 Å². The van der Waals surface area contributed by atoms with Crippen LogP contribution >= 0.6 is 0 Å². The molecule has 2 fully saturated rings. The smallest absolute Gasteiger partial charge is 0.200 e. The standard InChI is InChI=1S/C29H42F2O/c1-3-4-21-6-10-23(11-7-21)25-14-16-26(17-15-25)24-12-8-22(9-13-24)19-32-27-18-5-20(2)28(30)29(27)31/h5,14,16,18,21-26H,3-4,6-13,15,17,19H2,1-2H3. The summed E-state index contributed by atoms with van der Waals surface area (Å²) in [5, 5.41) is 0. The van der Waals surface area contributed by atoms with Crippen molar-refractivity contribution in [3.8, 4) is 5.75 Å². The van der Waals surface area contributed by atoms with Crippen molar-refractivity contribution in [3.05, 3.63) is 41.5 Å². The van der Waals surface area contributed by atoms with Gasteiger partial charge in [-0.2, -0.15) is 4.39 Å². The summed E-state index contributed by atoms with van der Waals surface area (Å²) in [6, 6.07) is 3.14. The first kappa shape index (κ1) is 23.8. The van der Waals surface area contributed by atoms with E-state index in [-0.39, 0.29) is 5.75 Å². The molecule has 0 spiro atoms. The third-order valence-corrected chi connectivity index (χ3v) is 8.84. The van der Waals surface area contributed by atoms with Crippen LogP contribution < -0.4 is 4.74 Å². The first-order valence-electron chi connectivity index (χ1n) is 13.3. The van der Waals surface area contributed by atoms with Crippen LogP contribution in [0, 0.1) is 54.1 Å². The summed E-state index contributed by atoms with van der Waals surface area (Å²) >= 11 is 0. The van der Waals surface area contributed by atoms with E-state index in [2.05, 4.69) is 19.1 Å². The molecule has 2 atom stereocenters. The van der Waals surface area contributed by atoms with Gasteiger partial charge in [0.2, 0.25) is 5.82 Å². The highest BCUT2D eigenvalue weighted by molar-refractivity contribution is 5.30. The number of rotatable bonds is 7. The first-order valence-corrected chi connectivity index (χ1v) is 13.3. The van der Waals surface area contributed by atoms with E-state index in [0.717, 1.165) is 42.4 Å². The maximum Gasteiger partial charge on any atom is 0.200 e. The minimum Gasteiger partial charge on any atom is -0.490 e. The highest BCUT2D eigenvalue weighted by Gasteiger charge is 2.32. The second-order valence-corrected chi connectivity index (χ2v) is 11.0. The fourth-order valence-electron chi connectivity index (χ4n) is 6.69. The lowest BCUT2D eigenvalue weighted by Gasteiger charge is -2.38. The largest absolute Gasteiger partial charge is 0.490 e. The Morgan fingerprint density at radius 2 is 1.31 bits per heavy atom. The number of hydrogen-bond donors (Lipinski definition) is 0. The van der Waals surface area contributed by atoms with Gasteiger partial charge in [0, 0.05) is 0 Å². The lowest BCUT2D eigenvalue weighted by atomic mass is 9.68. The van der Waals surface area contributed by atoms with Crippen LogP contribution in [0.2, 0.25) is 0 Å². The predicted octanol–water partition coefficient (Wildman–Crippen LogP) is 8.65. The van der Waals surface area contributed by atoms with E-state index < -0.39 is 11.6 Å². The molecule has 3 aliphatic carbocycles. The van der Waals surface area contributed by atoms with E-state index in [0.29, 0.717) is 18.1 Å². The normalized spacial score (nSPS) is 33.2. The molecule has 3 aliphatic rings. The molecule has 0 aliphatic heterocycles. The van der Waals surface area contributed by atoms with Gasteiger partial charge in [0.15, 0.2) is 11.6 Å². The number of halogens is 2. The average Bonchev–Trinajstić information content (AvgIpc) is 2.83. The summed E-state index contributed by atoms with van der Waals surface area (Å²) in [5.41, 5.74) is 0.322. The third-order valence-electron chi connectivity index (χ3n) is 8.84. The van der Waals surface area contributed by atoms with Gasteiger partial charge in [0.25, 0.3) is 0 Å². The van der Waals surface area contributed by atoms with Crippen molar-refractivity contribution >= 4 is 0 Å². The predicted molar refractivity (Wildman–Crippen MR) is 128 cm³/mol. The second kappa shape index (κ2) is 11.2. The summed E-state index contributed by atoms with van der Waals surface area (Å²) in [7, 11) is 0. The molecule has 0 saturated heterocycles.